The van der Waals surface area contributed by atoms with E-state index in [0.29, 0.717) is 10.9 Å². The first-order chi connectivity index (χ1) is 11.6. The molecule has 1 aliphatic carbocycles. The highest BCUT2D eigenvalue weighted by Crippen LogP contribution is 2.44. The molecule has 144 valence electrons. The van der Waals surface area contributed by atoms with Crippen LogP contribution in [0.5, 0.6) is 0 Å². The highest BCUT2D eigenvalue weighted by atomic mass is 127. The number of aliphatic hydroxyl groups is 1. The Balaban J connectivity index is 0.00000312. The molecule has 1 heterocycles. The van der Waals surface area contributed by atoms with Crippen LogP contribution in [0.25, 0.3) is 0 Å². The molecule has 1 unspecified atom stereocenters. The van der Waals surface area contributed by atoms with Crippen LogP contribution >= 0.6 is 46.9 Å². The predicted molar refractivity (Wildman–Crippen MR) is 116 cm³/mol. The van der Waals surface area contributed by atoms with Crippen LogP contribution in [0.4, 0.5) is 0 Å². The average Bonchev–Trinajstić information content (AvgIpc) is 2.97. The van der Waals surface area contributed by atoms with Gasteiger partial charge in [-0.3, -0.25) is 4.99 Å². The molecule has 0 saturated heterocycles. The summed E-state index contributed by atoms with van der Waals surface area (Å²) in [4.78, 5) is 5.60. The zero-order valence-corrected chi connectivity index (χ0v) is 18.8. The van der Waals surface area contributed by atoms with E-state index in [1.165, 1.54) is 30.6 Å². The monoisotopic (exact) mass is 501 g/mol. The van der Waals surface area contributed by atoms with Gasteiger partial charge in [-0.1, -0.05) is 18.0 Å². The summed E-state index contributed by atoms with van der Waals surface area (Å²) in [7, 11) is 1.75. The number of hydrogen-bond acceptors (Lipinski definition) is 4. The van der Waals surface area contributed by atoms with Crippen molar-refractivity contribution < 1.29 is 9.84 Å². The van der Waals surface area contributed by atoms with E-state index in [0.717, 1.165) is 37.0 Å². The van der Waals surface area contributed by atoms with Gasteiger partial charge in [0.25, 0.3) is 0 Å². The zero-order chi connectivity index (χ0) is 17.4. The number of nitrogens with one attached hydrogen (secondary N) is 2. The Morgan fingerprint density at radius 2 is 2.20 bits per heavy atom. The smallest absolute Gasteiger partial charge is 0.191 e. The average molecular weight is 502 g/mol. The van der Waals surface area contributed by atoms with E-state index < -0.39 is 6.10 Å². The number of ether oxygens (including phenoxy) is 1. The van der Waals surface area contributed by atoms with Gasteiger partial charge in [-0.2, -0.15) is 0 Å². The van der Waals surface area contributed by atoms with Gasteiger partial charge in [0.05, 0.1) is 4.34 Å². The van der Waals surface area contributed by atoms with Crippen molar-refractivity contribution >= 4 is 52.9 Å². The van der Waals surface area contributed by atoms with Gasteiger partial charge in [-0.15, -0.1) is 35.3 Å². The van der Waals surface area contributed by atoms with E-state index in [9.17, 15) is 5.11 Å². The van der Waals surface area contributed by atoms with Crippen LogP contribution in [0.2, 0.25) is 4.34 Å². The number of nitrogens with zero attached hydrogens (tertiary/aromatic N) is 1. The number of hydrogen-bond donors (Lipinski definition) is 3. The third-order valence-electron chi connectivity index (χ3n) is 4.55. The Labute approximate surface area is 176 Å². The van der Waals surface area contributed by atoms with Crippen molar-refractivity contribution in [3.63, 3.8) is 0 Å². The molecule has 1 atom stereocenters. The molecule has 0 bridgehead atoms. The second-order valence-corrected chi connectivity index (χ2v) is 8.08. The molecule has 1 aromatic heterocycles. The van der Waals surface area contributed by atoms with Gasteiger partial charge in [0.15, 0.2) is 5.96 Å². The fourth-order valence-corrected chi connectivity index (χ4v) is 3.92. The van der Waals surface area contributed by atoms with Gasteiger partial charge in [-0.25, -0.2) is 0 Å². The van der Waals surface area contributed by atoms with E-state index in [1.807, 2.05) is 13.0 Å². The molecule has 0 spiro atoms. The molecule has 5 nitrogen and oxygen atoms in total. The largest absolute Gasteiger partial charge is 0.386 e. The van der Waals surface area contributed by atoms with Crippen LogP contribution in [0, 0.1) is 5.41 Å². The minimum Gasteiger partial charge on any atom is -0.386 e. The van der Waals surface area contributed by atoms with Gasteiger partial charge in [-0.05, 0) is 43.7 Å². The number of halogens is 2. The van der Waals surface area contributed by atoms with Crippen LogP contribution in [0.15, 0.2) is 17.1 Å². The SMILES string of the molecule is CCNC(=NCC1(CCOC)CCC1)NCC(O)c1ccc(Cl)s1.I. The standard InChI is InChI=1S/C17H28ClN3O2S.HI/c1-3-19-16(20-11-13(22)14-5-6-15(18)24-14)21-12-17(7-4-8-17)9-10-23-2;/h5-6,13,22H,3-4,7-12H2,1-2H3,(H2,19,20,21);1H. The Hall–Kier alpha value is -0.0900. The molecule has 0 aliphatic heterocycles. The van der Waals surface area contributed by atoms with Gasteiger partial charge in [0.1, 0.15) is 6.10 Å². The van der Waals surface area contributed by atoms with Gasteiger partial charge in [0.2, 0.25) is 0 Å². The fourth-order valence-electron chi connectivity index (χ4n) is 2.87. The molecule has 3 N–H and O–H groups in total. The summed E-state index contributed by atoms with van der Waals surface area (Å²) in [6, 6.07) is 3.66. The van der Waals surface area contributed by atoms with E-state index in [4.69, 9.17) is 21.3 Å². The third-order valence-corrected chi connectivity index (χ3v) is 5.89. The van der Waals surface area contributed by atoms with Gasteiger partial charge in [0, 0.05) is 38.2 Å². The first-order valence-corrected chi connectivity index (χ1v) is 9.72. The first-order valence-electron chi connectivity index (χ1n) is 8.53. The van der Waals surface area contributed by atoms with Crippen molar-refractivity contribution in [3.8, 4) is 0 Å². The number of rotatable bonds is 9. The quantitative estimate of drug-likeness (QED) is 0.273. The molecule has 1 saturated carbocycles. The van der Waals surface area contributed by atoms with Crippen LogP contribution in [-0.2, 0) is 4.74 Å². The van der Waals surface area contributed by atoms with Crippen molar-refractivity contribution in [2.75, 3.05) is 33.4 Å². The number of methoxy groups -OCH3 is 1. The highest BCUT2D eigenvalue weighted by molar-refractivity contribution is 14.0. The summed E-state index contributed by atoms with van der Waals surface area (Å²) < 4.78 is 5.92. The maximum atomic E-state index is 10.2. The molecule has 0 radical (unpaired) electrons. The van der Waals surface area contributed by atoms with Crippen molar-refractivity contribution in [1.82, 2.24) is 10.6 Å². The van der Waals surface area contributed by atoms with Crippen LogP contribution < -0.4 is 10.6 Å². The summed E-state index contributed by atoms with van der Waals surface area (Å²) in [6.07, 6.45) is 4.19. The van der Waals surface area contributed by atoms with Crippen molar-refractivity contribution in [2.45, 2.75) is 38.7 Å². The number of aliphatic hydroxyl groups excluding tert-OH is 1. The predicted octanol–water partition coefficient (Wildman–Crippen LogP) is 3.81. The van der Waals surface area contributed by atoms with Crippen molar-refractivity contribution in [2.24, 2.45) is 10.4 Å². The Bertz CT molecular complexity index is 538. The number of guanidine groups is 1. The molecule has 1 fully saturated rings. The maximum absolute atomic E-state index is 10.2. The van der Waals surface area contributed by atoms with E-state index in [-0.39, 0.29) is 29.4 Å². The molecular formula is C17H29ClIN3O2S. The summed E-state index contributed by atoms with van der Waals surface area (Å²) in [5, 5.41) is 16.7. The second kappa shape index (κ2) is 11.6. The molecular weight excluding hydrogens is 473 g/mol. The van der Waals surface area contributed by atoms with Crippen LogP contribution in [0.3, 0.4) is 0 Å². The second-order valence-electron chi connectivity index (χ2n) is 6.33. The van der Waals surface area contributed by atoms with Crippen LogP contribution in [0.1, 0.15) is 43.6 Å². The Morgan fingerprint density at radius 1 is 1.44 bits per heavy atom. The molecule has 0 amide bonds. The normalized spacial score (nSPS) is 17.4. The van der Waals surface area contributed by atoms with E-state index in [2.05, 4.69) is 10.6 Å². The summed E-state index contributed by atoms with van der Waals surface area (Å²) in [6.45, 7) is 4.83. The van der Waals surface area contributed by atoms with Gasteiger partial charge >= 0.3 is 0 Å². The van der Waals surface area contributed by atoms with E-state index >= 15 is 0 Å². The summed E-state index contributed by atoms with van der Waals surface area (Å²) >= 11 is 7.32. The van der Waals surface area contributed by atoms with Gasteiger partial charge < -0.3 is 20.5 Å². The molecule has 1 aliphatic rings. The Kier molecular flexibility index (Phi) is 10.6. The Morgan fingerprint density at radius 3 is 2.72 bits per heavy atom. The lowest BCUT2D eigenvalue weighted by molar-refractivity contribution is 0.0778. The van der Waals surface area contributed by atoms with Crippen molar-refractivity contribution in [3.05, 3.63) is 21.3 Å². The highest BCUT2D eigenvalue weighted by Gasteiger charge is 2.36. The molecule has 1 aromatic rings. The lowest BCUT2D eigenvalue weighted by Gasteiger charge is -2.40. The maximum Gasteiger partial charge on any atom is 0.191 e. The fraction of sp³-hybridized carbons (Fsp3) is 0.706. The molecule has 8 heteroatoms. The lowest BCUT2D eigenvalue weighted by atomic mass is 9.67. The zero-order valence-electron chi connectivity index (χ0n) is 14.9. The molecule has 25 heavy (non-hydrogen) atoms. The lowest BCUT2D eigenvalue weighted by Crippen LogP contribution is -2.41. The number of thiophene rings is 1. The van der Waals surface area contributed by atoms with E-state index in [1.54, 1.807) is 13.2 Å². The first kappa shape index (κ1) is 23.0. The molecule has 0 aromatic carbocycles. The summed E-state index contributed by atoms with van der Waals surface area (Å²) in [5.41, 5.74) is 0.290. The molecule has 2 rings (SSSR count). The van der Waals surface area contributed by atoms with Crippen LogP contribution in [-0.4, -0.2) is 44.4 Å². The summed E-state index contributed by atoms with van der Waals surface area (Å²) in [5.74, 6) is 0.753. The third kappa shape index (κ3) is 7.21. The minimum absolute atomic E-state index is 0. The topological polar surface area (TPSA) is 65.9 Å². The van der Waals surface area contributed by atoms with Crippen molar-refractivity contribution in [1.29, 1.82) is 0 Å². The number of aliphatic imine (C=N–C) groups is 1. The minimum atomic E-state index is -0.586.